The van der Waals surface area contributed by atoms with Crippen LogP contribution in [-0.2, 0) is 32.9 Å². The zero-order valence-corrected chi connectivity index (χ0v) is 27.8. The first kappa shape index (κ1) is 35.4. The summed E-state index contributed by atoms with van der Waals surface area (Å²) in [6, 6.07) is 22.2. The van der Waals surface area contributed by atoms with E-state index in [9.17, 15) is 4.79 Å². The molecule has 0 radical (unpaired) electrons. The van der Waals surface area contributed by atoms with Crippen molar-refractivity contribution in [2.45, 2.75) is 58.0 Å². The van der Waals surface area contributed by atoms with Crippen LogP contribution in [0.3, 0.4) is 0 Å². The zero-order valence-electron chi connectivity index (χ0n) is 26.8. The molecule has 0 aromatic heterocycles. The van der Waals surface area contributed by atoms with E-state index in [-0.39, 0.29) is 17.6 Å². The molecular formula is C34H53NO7Si. The Kier molecular flexibility index (Phi) is 15.9. The standard InChI is InChI=1S/C34H53NO7Si/c1-5-41-33(36)29-40-27-26-39-25-24-38-23-22-37-21-13-20-35-19-12-14-30(35)28-42-43(34(2,3)4,31-15-8-6-9-16-31)32-17-10-7-11-18-32/h6-11,15-18,30H,5,12-14,19-29H2,1-4H3/t30-/m0/s1. The molecule has 0 saturated carbocycles. The number of nitrogens with zero attached hydrogens (tertiary/aromatic N) is 1. The van der Waals surface area contributed by atoms with Crippen molar-refractivity contribution in [3.05, 3.63) is 60.7 Å². The monoisotopic (exact) mass is 615 g/mol. The number of ether oxygens (including phenoxy) is 5. The first-order chi connectivity index (χ1) is 20.9. The van der Waals surface area contributed by atoms with Crippen molar-refractivity contribution in [2.75, 3.05) is 79.2 Å². The highest BCUT2D eigenvalue weighted by molar-refractivity contribution is 6.99. The van der Waals surface area contributed by atoms with Gasteiger partial charge < -0.3 is 28.1 Å². The van der Waals surface area contributed by atoms with Gasteiger partial charge in [0.25, 0.3) is 8.32 Å². The molecule has 9 heteroatoms. The Hall–Kier alpha value is -2.11. The van der Waals surface area contributed by atoms with Gasteiger partial charge in [-0.25, -0.2) is 4.79 Å². The SMILES string of the molecule is CCOC(=O)COCCOCCOCCOCCCN1CCC[C@H]1CO[Si](c1ccccc1)(c1ccccc1)C(C)(C)C. The average Bonchev–Trinajstić information content (AvgIpc) is 3.45. The molecule has 1 saturated heterocycles. The van der Waals surface area contributed by atoms with Crippen molar-refractivity contribution in [3.63, 3.8) is 0 Å². The highest BCUT2D eigenvalue weighted by Crippen LogP contribution is 2.37. The molecular weight excluding hydrogens is 562 g/mol. The fourth-order valence-corrected chi connectivity index (χ4v) is 10.3. The van der Waals surface area contributed by atoms with Crippen LogP contribution in [0.15, 0.2) is 60.7 Å². The predicted molar refractivity (Wildman–Crippen MR) is 173 cm³/mol. The van der Waals surface area contributed by atoms with E-state index >= 15 is 0 Å². The molecule has 1 heterocycles. The summed E-state index contributed by atoms with van der Waals surface area (Å²) in [7, 11) is -2.52. The zero-order chi connectivity index (χ0) is 30.8. The van der Waals surface area contributed by atoms with Gasteiger partial charge in [-0.3, -0.25) is 4.90 Å². The van der Waals surface area contributed by atoms with Gasteiger partial charge in [-0.15, -0.1) is 0 Å². The number of rotatable bonds is 21. The lowest BCUT2D eigenvalue weighted by Crippen LogP contribution is -2.67. The second-order valence-electron chi connectivity index (χ2n) is 11.9. The summed E-state index contributed by atoms with van der Waals surface area (Å²) in [4.78, 5) is 13.8. The van der Waals surface area contributed by atoms with Gasteiger partial charge in [0.15, 0.2) is 0 Å². The summed E-state index contributed by atoms with van der Waals surface area (Å²) in [6.45, 7) is 15.6. The molecule has 1 atom stereocenters. The van der Waals surface area contributed by atoms with E-state index < -0.39 is 8.32 Å². The van der Waals surface area contributed by atoms with Crippen LogP contribution >= 0.6 is 0 Å². The smallest absolute Gasteiger partial charge is 0.332 e. The summed E-state index contributed by atoms with van der Waals surface area (Å²) in [5, 5.41) is 2.65. The summed E-state index contributed by atoms with van der Waals surface area (Å²) in [6.07, 6.45) is 3.38. The highest BCUT2D eigenvalue weighted by atomic mass is 28.4. The number of hydrogen-bond donors (Lipinski definition) is 0. The van der Waals surface area contributed by atoms with Crippen LogP contribution in [-0.4, -0.2) is 104 Å². The van der Waals surface area contributed by atoms with E-state index in [0.717, 1.165) is 32.7 Å². The number of carbonyl (C=O) groups excluding carboxylic acids is 1. The molecule has 0 amide bonds. The van der Waals surface area contributed by atoms with Gasteiger partial charge in [0.05, 0.1) is 52.9 Å². The van der Waals surface area contributed by atoms with Gasteiger partial charge in [-0.2, -0.15) is 0 Å². The molecule has 0 bridgehead atoms. The second-order valence-corrected chi connectivity index (χ2v) is 16.2. The highest BCUT2D eigenvalue weighted by Gasteiger charge is 2.50. The number of benzene rings is 2. The van der Waals surface area contributed by atoms with Crippen LogP contribution in [0.2, 0.25) is 5.04 Å². The largest absolute Gasteiger partial charge is 0.464 e. The summed E-state index contributed by atoms with van der Waals surface area (Å²) in [5.74, 6) is -0.355. The number of esters is 1. The van der Waals surface area contributed by atoms with Gasteiger partial charge in [-0.05, 0) is 48.1 Å². The van der Waals surface area contributed by atoms with Crippen LogP contribution in [0.4, 0.5) is 0 Å². The number of likely N-dealkylation sites (tertiary alicyclic amines) is 1. The van der Waals surface area contributed by atoms with E-state index in [1.54, 1.807) is 6.92 Å². The van der Waals surface area contributed by atoms with Crippen molar-refractivity contribution >= 4 is 24.7 Å². The minimum atomic E-state index is -2.52. The number of hydrogen-bond acceptors (Lipinski definition) is 8. The molecule has 0 unspecified atom stereocenters. The van der Waals surface area contributed by atoms with Crippen LogP contribution in [0.5, 0.6) is 0 Å². The number of carbonyl (C=O) groups is 1. The fourth-order valence-electron chi connectivity index (χ4n) is 5.75. The molecule has 2 aromatic rings. The first-order valence-corrected chi connectivity index (χ1v) is 17.7. The molecule has 1 fully saturated rings. The molecule has 0 spiro atoms. The Bertz CT molecular complexity index is 979. The molecule has 0 N–H and O–H groups in total. The van der Waals surface area contributed by atoms with Crippen molar-refractivity contribution < 1.29 is 32.9 Å². The van der Waals surface area contributed by atoms with Crippen molar-refractivity contribution in [1.29, 1.82) is 0 Å². The fraction of sp³-hybridized carbons (Fsp3) is 0.618. The van der Waals surface area contributed by atoms with Crippen molar-refractivity contribution in [3.8, 4) is 0 Å². The lowest BCUT2D eigenvalue weighted by Gasteiger charge is -2.44. The maximum atomic E-state index is 11.2. The van der Waals surface area contributed by atoms with Crippen molar-refractivity contribution in [2.24, 2.45) is 0 Å². The van der Waals surface area contributed by atoms with Gasteiger partial charge in [0.2, 0.25) is 0 Å². The van der Waals surface area contributed by atoms with E-state index in [4.69, 9.17) is 28.1 Å². The first-order valence-electron chi connectivity index (χ1n) is 15.8. The maximum absolute atomic E-state index is 11.2. The van der Waals surface area contributed by atoms with Crippen LogP contribution < -0.4 is 10.4 Å². The lowest BCUT2D eigenvalue weighted by atomic mass is 10.2. The maximum Gasteiger partial charge on any atom is 0.332 e. The Morgan fingerprint density at radius 3 is 1.88 bits per heavy atom. The normalized spacial score (nSPS) is 16.0. The van der Waals surface area contributed by atoms with E-state index in [2.05, 4.69) is 86.3 Å². The summed E-state index contributed by atoms with van der Waals surface area (Å²) >= 11 is 0. The minimum absolute atomic E-state index is 0.0129. The van der Waals surface area contributed by atoms with Gasteiger partial charge in [0, 0.05) is 19.2 Å². The Balaban J connectivity index is 1.34. The Morgan fingerprint density at radius 2 is 1.35 bits per heavy atom. The predicted octanol–water partition coefficient (Wildman–Crippen LogP) is 4.05. The third-order valence-corrected chi connectivity index (χ3v) is 12.8. The van der Waals surface area contributed by atoms with Crippen molar-refractivity contribution in [1.82, 2.24) is 4.90 Å². The van der Waals surface area contributed by atoms with E-state index in [0.29, 0.717) is 52.3 Å². The molecule has 1 aliphatic heterocycles. The Labute approximate surface area is 260 Å². The Morgan fingerprint density at radius 1 is 0.814 bits per heavy atom. The van der Waals surface area contributed by atoms with Crippen LogP contribution in [0, 0.1) is 0 Å². The second kappa shape index (κ2) is 19.3. The average molecular weight is 616 g/mol. The van der Waals surface area contributed by atoms with Gasteiger partial charge in [0.1, 0.15) is 6.61 Å². The molecule has 0 aliphatic carbocycles. The molecule has 2 aromatic carbocycles. The topological polar surface area (TPSA) is 75.7 Å². The van der Waals surface area contributed by atoms with E-state index in [1.807, 2.05) is 0 Å². The third-order valence-electron chi connectivity index (χ3n) is 7.78. The summed E-state index contributed by atoms with van der Waals surface area (Å²) < 4.78 is 34.1. The minimum Gasteiger partial charge on any atom is -0.464 e. The third kappa shape index (κ3) is 11.4. The lowest BCUT2D eigenvalue weighted by molar-refractivity contribution is -0.149. The summed E-state index contributed by atoms with van der Waals surface area (Å²) in [5.41, 5.74) is 0. The van der Waals surface area contributed by atoms with E-state index in [1.165, 1.54) is 23.2 Å². The molecule has 8 nitrogen and oxygen atoms in total. The molecule has 240 valence electrons. The van der Waals surface area contributed by atoms with Crippen LogP contribution in [0.1, 0.15) is 47.0 Å². The quantitative estimate of drug-likeness (QED) is 0.118. The van der Waals surface area contributed by atoms with Gasteiger partial charge in [-0.1, -0.05) is 81.4 Å². The molecule has 1 aliphatic rings. The molecule has 3 rings (SSSR count). The van der Waals surface area contributed by atoms with Gasteiger partial charge >= 0.3 is 5.97 Å². The molecule has 43 heavy (non-hydrogen) atoms. The van der Waals surface area contributed by atoms with Crippen LogP contribution in [0.25, 0.3) is 0 Å².